The van der Waals surface area contributed by atoms with E-state index in [0.717, 1.165) is 25.2 Å². The van der Waals surface area contributed by atoms with Crippen molar-refractivity contribution in [1.29, 1.82) is 0 Å². The number of nitrogens with zero attached hydrogens (tertiary/aromatic N) is 1. The Balaban J connectivity index is 1.24. The quantitative estimate of drug-likeness (QED) is 0.366. The third-order valence-electron chi connectivity index (χ3n) is 6.17. The van der Waals surface area contributed by atoms with Crippen LogP contribution in [0.5, 0.6) is 5.75 Å². The van der Waals surface area contributed by atoms with Crippen LogP contribution in [0.25, 0.3) is 0 Å². The minimum Gasteiger partial charge on any atom is -0.494 e. The number of hydrogen-bond acceptors (Lipinski definition) is 2. The van der Waals surface area contributed by atoms with E-state index < -0.39 is 0 Å². The van der Waals surface area contributed by atoms with Gasteiger partial charge in [-0.05, 0) is 80.9 Å². The SMILES string of the molecule is CC(Cc1ccc(OCCCCCCCN2CCCCC2)cc1)c1ccccc1. The number of rotatable bonds is 12. The smallest absolute Gasteiger partial charge is 0.119 e. The molecule has 0 amide bonds. The Hall–Kier alpha value is -1.80. The molecule has 0 aliphatic carbocycles. The molecule has 1 heterocycles. The van der Waals surface area contributed by atoms with E-state index in [1.807, 2.05) is 0 Å². The van der Waals surface area contributed by atoms with Crippen LogP contribution in [0, 0.1) is 0 Å². The maximum atomic E-state index is 5.94. The summed E-state index contributed by atoms with van der Waals surface area (Å²) in [6.45, 7) is 7.11. The van der Waals surface area contributed by atoms with E-state index >= 15 is 0 Å². The second kappa shape index (κ2) is 12.7. The molecule has 1 atom stereocenters. The number of unbranched alkanes of at least 4 members (excludes halogenated alkanes) is 4. The second-order valence-corrected chi connectivity index (χ2v) is 8.68. The molecule has 3 rings (SSSR count). The molecule has 1 aliphatic heterocycles. The van der Waals surface area contributed by atoms with Gasteiger partial charge in [-0.15, -0.1) is 0 Å². The molecule has 1 unspecified atom stereocenters. The molecule has 1 aliphatic rings. The summed E-state index contributed by atoms with van der Waals surface area (Å²) in [5, 5.41) is 0. The first-order valence-electron chi connectivity index (χ1n) is 11.8. The number of ether oxygens (including phenoxy) is 1. The van der Waals surface area contributed by atoms with Crippen molar-refractivity contribution in [3.05, 3.63) is 65.7 Å². The molecule has 2 aromatic rings. The molecular weight excluding hydrogens is 354 g/mol. The first-order chi connectivity index (χ1) is 14.3. The Morgan fingerprint density at radius 1 is 0.793 bits per heavy atom. The van der Waals surface area contributed by atoms with Gasteiger partial charge in [-0.25, -0.2) is 0 Å². The van der Waals surface area contributed by atoms with Gasteiger partial charge in [0.25, 0.3) is 0 Å². The van der Waals surface area contributed by atoms with E-state index in [9.17, 15) is 0 Å². The van der Waals surface area contributed by atoms with Crippen LogP contribution < -0.4 is 4.74 Å². The molecule has 0 N–H and O–H groups in total. The van der Waals surface area contributed by atoms with Crippen LogP contribution in [0.15, 0.2) is 54.6 Å². The van der Waals surface area contributed by atoms with Gasteiger partial charge < -0.3 is 9.64 Å². The summed E-state index contributed by atoms with van der Waals surface area (Å²) < 4.78 is 5.94. The van der Waals surface area contributed by atoms with E-state index in [1.165, 1.54) is 75.7 Å². The summed E-state index contributed by atoms with van der Waals surface area (Å²) >= 11 is 0. The lowest BCUT2D eigenvalue weighted by Gasteiger charge is -2.26. The van der Waals surface area contributed by atoms with Crippen LogP contribution in [-0.2, 0) is 6.42 Å². The Labute approximate surface area is 178 Å². The number of benzene rings is 2. The van der Waals surface area contributed by atoms with E-state index in [1.54, 1.807) is 0 Å². The zero-order valence-electron chi connectivity index (χ0n) is 18.3. The minimum absolute atomic E-state index is 0.540. The van der Waals surface area contributed by atoms with Crippen molar-refractivity contribution in [1.82, 2.24) is 4.90 Å². The predicted octanol–water partition coefficient (Wildman–Crippen LogP) is 6.85. The number of hydrogen-bond donors (Lipinski definition) is 0. The average molecular weight is 394 g/mol. The maximum Gasteiger partial charge on any atom is 0.119 e. The van der Waals surface area contributed by atoms with Gasteiger partial charge in [0.2, 0.25) is 0 Å². The molecule has 158 valence electrons. The normalized spacial score (nSPS) is 15.9. The summed E-state index contributed by atoms with van der Waals surface area (Å²) in [6, 6.07) is 19.5. The third-order valence-corrected chi connectivity index (χ3v) is 6.17. The molecule has 0 aromatic heterocycles. The van der Waals surface area contributed by atoms with Crippen molar-refractivity contribution in [3.8, 4) is 5.75 Å². The van der Waals surface area contributed by atoms with E-state index in [2.05, 4.69) is 66.4 Å². The van der Waals surface area contributed by atoms with Crippen molar-refractivity contribution in [2.24, 2.45) is 0 Å². The minimum atomic E-state index is 0.540. The van der Waals surface area contributed by atoms with Crippen molar-refractivity contribution < 1.29 is 4.74 Å². The topological polar surface area (TPSA) is 12.5 Å². The third kappa shape index (κ3) is 8.22. The van der Waals surface area contributed by atoms with Gasteiger partial charge in [0.05, 0.1) is 6.61 Å². The fraction of sp³-hybridized carbons (Fsp3) is 0.556. The molecular formula is C27H39NO. The van der Waals surface area contributed by atoms with Crippen molar-refractivity contribution in [2.75, 3.05) is 26.2 Å². The van der Waals surface area contributed by atoms with Gasteiger partial charge in [0.15, 0.2) is 0 Å². The van der Waals surface area contributed by atoms with Crippen molar-refractivity contribution in [2.45, 2.75) is 70.6 Å². The van der Waals surface area contributed by atoms with Crippen LogP contribution >= 0.6 is 0 Å². The summed E-state index contributed by atoms with van der Waals surface area (Å²) in [5.41, 5.74) is 2.78. The molecule has 2 aromatic carbocycles. The van der Waals surface area contributed by atoms with Gasteiger partial charge >= 0.3 is 0 Å². The highest BCUT2D eigenvalue weighted by atomic mass is 16.5. The van der Waals surface area contributed by atoms with E-state index in [-0.39, 0.29) is 0 Å². The van der Waals surface area contributed by atoms with Crippen LogP contribution in [0.3, 0.4) is 0 Å². The molecule has 0 radical (unpaired) electrons. The standard InChI is InChI=1S/C27H39NO/c1-24(26-13-7-5-8-14-26)23-25-15-17-27(18-16-25)29-22-12-4-2-3-9-19-28-20-10-6-11-21-28/h5,7-8,13-18,24H,2-4,6,9-12,19-23H2,1H3. The summed E-state index contributed by atoms with van der Waals surface area (Å²) in [5.74, 6) is 1.55. The van der Waals surface area contributed by atoms with Gasteiger partial charge in [0.1, 0.15) is 5.75 Å². The molecule has 1 saturated heterocycles. The summed E-state index contributed by atoms with van der Waals surface area (Å²) in [4.78, 5) is 2.65. The zero-order valence-corrected chi connectivity index (χ0v) is 18.3. The highest BCUT2D eigenvalue weighted by Gasteiger charge is 2.09. The monoisotopic (exact) mass is 393 g/mol. The van der Waals surface area contributed by atoms with Crippen molar-refractivity contribution in [3.63, 3.8) is 0 Å². The van der Waals surface area contributed by atoms with Crippen LogP contribution in [-0.4, -0.2) is 31.1 Å². The maximum absolute atomic E-state index is 5.94. The van der Waals surface area contributed by atoms with Gasteiger partial charge in [-0.2, -0.15) is 0 Å². The van der Waals surface area contributed by atoms with Gasteiger partial charge in [0, 0.05) is 0 Å². The fourth-order valence-electron chi connectivity index (χ4n) is 4.32. The predicted molar refractivity (Wildman–Crippen MR) is 124 cm³/mol. The Kier molecular flexibility index (Phi) is 9.59. The lowest BCUT2D eigenvalue weighted by Crippen LogP contribution is -2.30. The Morgan fingerprint density at radius 3 is 2.24 bits per heavy atom. The summed E-state index contributed by atoms with van der Waals surface area (Å²) in [6.07, 6.45) is 11.8. The lowest BCUT2D eigenvalue weighted by atomic mass is 9.94. The number of piperidine rings is 1. The van der Waals surface area contributed by atoms with Gasteiger partial charge in [-0.1, -0.05) is 75.1 Å². The van der Waals surface area contributed by atoms with Crippen LogP contribution in [0.4, 0.5) is 0 Å². The second-order valence-electron chi connectivity index (χ2n) is 8.68. The zero-order chi connectivity index (χ0) is 20.2. The molecule has 2 nitrogen and oxygen atoms in total. The highest BCUT2D eigenvalue weighted by Crippen LogP contribution is 2.22. The van der Waals surface area contributed by atoms with Crippen molar-refractivity contribution >= 4 is 0 Å². The average Bonchev–Trinajstić information content (AvgIpc) is 2.78. The first kappa shape index (κ1) is 21.9. The van der Waals surface area contributed by atoms with Crippen LogP contribution in [0.2, 0.25) is 0 Å². The highest BCUT2D eigenvalue weighted by molar-refractivity contribution is 5.29. The molecule has 0 saturated carbocycles. The molecule has 29 heavy (non-hydrogen) atoms. The Bertz CT molecular complexity index is 661. The fourth-order valence-corrected chi connectivity index (χ4v) is 4.32. The molecule has 1 fully saturated rings. The largest absolute Gasteiger partial charge is 0.494 e. The lowest BCUT2D eigenvalue weighted by molar-refractivity contribution is 0.223. The van der Waals surface area contributed by atoms with E-state index in [4.69, 9.17) is 4.74 Å². The summed E-state index contributed by atoms with van der Waals surface area (Å²) in [7, 11) is 0. The molecule has 0 bridgehead atoms. The number of likely N-dealkylation sites (tertiary alicyclic amines) is 1. The van der Waals surface area contributed by atoms with Crippen LogP contribution in [0.1, 0.15) is 75.3 Å². The first-order valence-corrected chi connectivity index (χ1v) is 11.8. The Morgan fingerprint density at radius 2 is 1.48 bits per heavy atom. The molecule has 0 spiro atoms. The molecule has 2 heteroatoms. The van der Waals surface area contributed by atoms with Gasteiger partial charge in [-0.3, -0.25) is 0 Å². The van der Waals surface area contributed by atoms with E-state index in [0.29, 0.717) is 5.92 Å².